The van der Waals surface area contributed by atoms with Crippen molar-refractivity contribution in [3.63, 3.8) is 0 Å². The van der Waals surface area contributed by atoms with E-state index in [1.54, 1.807) is 0 Å². The first-order valence-corrected chi connectivity index (χ1v) is 10.1. The lowest BCUT2D eigenvalue weighted by Crippen LogP contribution is -2.63. The highest BCUT2D eigenvalue weighted by Crippen LogP contribution is 2.67. The second-order valence-electron chi connectivity index (χ2n) is 9.74. The number of hydrogen-bond acceptors (Lipinski definition) is 5. The standard InChI is InChI=1S/C21H32O5/c1-19-7-5-13(23)9-12(19)3-4-14-15-6-8-21(26,17(25)11-22)20(15,2)10-16(24)18(14)19/h9,14-18,22,24-26H,3-8,10-11H2,1-2H3/t14?,15?,16-,17+,18?,19-,20-,21-/m0/s1. The molecular weight excluding hydrogens is 332 g/mol. The molecule has 3 saturated carbocycles. The van der Waals surface area contributed by atoms with Crippen molar-refractivity contribution >= 4 is 5.78 Å². The van der Waals surface area contributed by atoms with Gasteiger partial charge in [0.25, 0.3) is 0 Å². The lowest BCUT2D eigenvalue weighted by Gasteiger charge is -2.61. The van der Waals surface area contributed by atoms with E-state index in [1.807, 2.05) is 13.0 Å². The topological polar surface area (TPSA) is 98.0 Å². The van der Waals surface area contributed by atoms with Gasteiger partial charge in [0.1, 0.15) is 6.10 Å². The van der Waals surface area contributed by atoms with Crippen LogP contribution in [0.3, 0.4) is 0 Å². The summed E-state index contributed by atoms with van der Waals surface area (Å²) in [4.78, 5) is 11.9. The summed E-state index contributed by atoms with van der Waals surface area (Å²) in [6, 6.07) is 0. The molecule has 8 atom stereocenters. The van der Waals surface area contributed by atoms with Crippen molar-refractivity contribution in [1.29, 1.82) is 0 Å². The van der Waals surface area contributed by atoms with Gasteiger partial charge in [0.05, 0.1) is 18.3 Å². The average molecular weight is 364 g/mol. The molecule has 3 unspecified atom stereocenters. The van der Waals surface area contributed by atoms with Gasteiger partial charge in [0.15, 0.2) is 5.78 Å². The van der Waals surface area contributed by atoms with Crippen LogP contribution >= 0.6 is 0 Å². The Labute approximate surface area is 155 Å². The zero-order valence-electron chi connectivity index (χ0n) is 15.8. The molecule has 4 aliphatic rings. The second kappa shape index (κ2) is 5.87. The normalized spacial score (nSPS) is 51.9. The minimum Gasteiger partial charge on any atom is -0.394 e. The summed E-state index contributed by atoms with van der Waals surface area (Å²) >= 11 is 0. The van der Waals surface area contributed by atoms with E-state index in [1.165, 1.54) is 5.57 Å². The number of fused-ring (bicyclic) bond motifs is 5. The van der Waals surface area contributed by atoms with Crippen molar-refractivity contribution in [2.24, 2.45) is 28.6 Å². The SMILES string of the molecule is C[C@]12CCC(=O)C=C1CCC1C2[C@@H](O)C[C@@]2(C)C1CC[C@]2(O)[C@H](O)CO. The van der Waals surface area contributed by atoms with E-state index in [2.05, 4.69) is 6.92 Å². The molecule has 4 rings (SSSR count). The van der Waals surface area contributed by atoms with Crippen LogP contribution in [0.2, 0.25) is 0 Å². The maximum atomic E-state index is 11.9. The lowest BCUT2D eigenvalue weighted by atomic mass is 9.45. The highest BCUT2D eigenvalue weighted by Gasteiger charge is 2.67. The first-order valence-electron chi connectivity index (χ1n) is 10.1. The van der Waals surface area contributed by atoms with Gasteiger partial charge in [-0.3, -0.25) is 4.79 Å². The van der Waals surface area contributed by atoms with Gasteiger partial charge in [-0.2, -0.15) is 0 Å². The van der Waals surface area contributed by atoms with Crippen molar-refractivity contribution < 1.29 is 25.2 Å². The number of aliphatic hydroxyl groups is 4. The molecule has 3 fully saturated rings. The smallest absolute Gasteiger partial charge is 0.155 e. The molecular formula is C21H32O5. The molecule has 0 aromatic carbocycles. The first-order chi connectivity index (χ1) is 12.2. The second-order valence-corrected chi connectivity index (χ2v) is 9.74. The maximum Gasteiger partial charge on any atom is 0.155 e. The lowest BCUT2D eigenvalue weighted by molar-refractivity contribution is -0.207. The Kier molecular flexibility index (Phi) is 4.20. The van der Waals surface area contributed by atoms with E-state index in [0.717, 1.165) is 25.7 Å². The molecule has 0 radical (unpaired) electrons. The minimum absolute atomic E-state index is 0.0993. The average Bonchev–Trinajstić information content (AvgIpc) is 2.86. The quantitative estimate of drug-likeness (QED) is 0.596. The molecule has 5 heteroatoms. The molecule has 0 bridgehead atoms. The van der Waals surface area contributed by atoms with Gasteiger partial charge < -0.3 is 20.4 Å². The maximum absolute atomic E-state index is 11.9. The van der Waals surface area contributed by atoms with Crippen LogP contribution in [0, 0.1) is 28.6 Å². The molecule has 0 aromatic heterocycles. The molecule has 0 aromatic rings. The predicted octanol–water partition coefficient (Wildman–Crippen LogP) is 1.57. The molecule has 0 aliphatic heterocycles. The van der Waals surface area contributed by atoms with Crippen LogP contribution in [0.1, 0.15) is 58.8 Å². The van der Waals surface area contributed by atoms with Gasteiger partial charge in [0, 0.05) is 11.8 Å². The summed E-state index contributed by atoms with van der Waals surface area (Å²) in [5.74, 6) is 0.798. The van der Waals surface area contributed by atoms with E-state index in [-0.39, 0.29) is 29.0 Å². The Morgan fingerprint density at radius 3 is 2.65 bits per heavy atom. The zero-order chi connectivity index (χ0) is 18.9. The summed E-state index contributed by atoms with van der Waals surface area (Å²) < 4.78 is 0. The number of aliphatic hydroxyl groups excluding tert-OH is 3. The van der Waals surface area contributed by atoms with E-state index >= 15 is 0 Å². The Bertz CT molecular complexity index is 644. The Balaban J connectivity index is 1.72. The predicted molar refractivity (Wildman–Crippen MR) is 96.1 cm³/mol. The van der Waals surface area contributed by atoms with Gasteiger partial charge >= 0.3 is 0 Å². The van der Waals surface area contributed by atoms with Crippen LogP contribution in [0.5, 0.6) is 0 Å². The summed E-state index contributed by atoms with van der Waals surface area (Å²) in [5, 5.41) is 42.3. The molecule has 4 aliphatic carbocycles. The van der Waals surface area contributed by atoms with Crippen LogP contribution in [-0.2, 0) is 4.79 Å². The fourth-order valence-electron chi connectivity index (χ4n) is 7.42. The fourth-order valence-corrected chi connectivity index (χ4v) is 7.42. The zero-order valence-corrected chi connectivity index (χ0v) is 15.8. The molecule has 0 saturated heterocycles. The van der Waals surface area contributed by atoms with Crippen molar-refractivity contribution in [2.75, 3.05) is 6.61 Å². The van der Waals surface area contributed by atoms with Gasteiger partial charge in [-0.25, -0.2) is 0 Å². The van der Waals surface area contributed by atoms with Crippen molar-refractivity contribution in [1.82, 2.24) is 0 Å². The van der Waals surface area contributed by atoms with E-state index < -0.39 is 29.8 Å². The molecule has 0 spiro atoms. The molecule has 146 valence electrons. The number of hydrogen-bond donors (Lipinski definition) is 4. The van der Waals surface area contributed by atoms with Crippen LogP contribution in [0.4, 0.5) is 0 Å². The minimum atomic E-state index is -1.35. The number of carbonyl (C=O) groups excluding carboxylic acids is 1. The molecule has 4 N–H and O–H groups in total. The van der Waals surface area contributed by atoms with Crippen molar-refractivity contribution in [2.45, 2.75) is 76.6 Å². The Hall–Kier alpha value is -0.750. The largest absolute Gasteiger partial charge is 0.394 e. The highest BCUT2D eigenvalue weighted by atomic mass is 16.4. The van der Waals surface area contributed by atoms with Crippen LogP contribution in [-0.4, -0.2) is 50.6 Å². The first kappa shape index (κ1) is 18.6. The summed E-state index contributed by atoms with van der Waals surface area (Å²) in [5.41, 5.74) is -0.898. The molecule has 5 nitrogen and oxygen atoms in total. The third kappa shape index (κ3) is 2.20. The number of ketones is 1. The number of carbonyl (C=O) groups is 1. The monoisotopic (exact) mass is 364 g/mol. The molecule has 0 heterocycles. The van der Waals surface area contributed by atoms with Crippen LogP contribution in [0.15, 0.2) is 11.6 Å². The molecule has 26 heavy (non-hydrogen) atoms. The summed E-state index contributed by atoms with van der Waals surface area (Å²) in [6.45, 7) is 3.73. The van der Waals surface area contributed by atoms with Crippen LogP contribution in [0.25, 0.3) is 0 Å². The third-order valence-electron chi connectivity index (χ3n) is 8.84. The van der Waals surface area contributed by atoms with Gasteiger partial charge in [0.2, 0.25) is 0 Å². The Morgan fingerprint density at radius 2 is 1.96 bits per heavy atom. The van der Waals surface area contributed by atoms with Crippen molar-refractivity contribution in [3.05, 3.63) is 11.6 Å². The van der Waals surface area contributed by atoms with Gasteiger partial charge in [-0.15, -0.1) is 0 Å². The molecule has 0 amide bonds. The summed E-state index contributed by atoms with van der Waals surface area (Å²) in [6.07, 6.45) is 4.92. The number of allylic oxidation sites excluding steroid dienone is 1. The van der Waals surface area contributed by atoms with E-state index in [0.29, 0.717) is 19.3 Å². The van der Waals surface area contributed by atoms with E-state index in [9.17, 15) is 25.2 Å². The summed E-state index contributed by atoms with van der Waals surface area (Å²) in [7, 11) is 0. The Morgan fingerprint density at radius 1 is 1.23 bits per heavy atom. The van der Waals surface area contributed by atoms with E-state index in [4.69, 9.17) is 0 Å². The van der Waals surface area contributed by atoms with Gasteiger partial charge in [-0.05, 0) is 67.8 Å². The third-order valence-corrected chi connectivity index (χ3v) is 8.84. The number of rotatable bonds is 2. The van der Waals surface area contributed by atoms with Crippen LogP contribution < -0.4 is 0 Å². The van der Waals surface area contributed by atoms with Crippen molar-refractivity contribution in [3.8, 4) is 0 Å². The van der Waals surface area contributed by atoms with Gasteiger partial charge in [-0.1, -0.05) is 19.4 Å². The fraction of sp³-hybridized carbons (Fsp3) is 0.857. The highest BCUT2D eigenvalue weighted by molar-refractivity contribution is 5.91.